The molecule has 0 radical (unpaired) electrons. The molecule has 0 N–H and O–H groups in total. The third-order valence-electron chi connectivity index (χ3n) is 2.83. The van der Waals surface area contributed by atoms with Crippen LogP contribution in [0.3, 0.4) is 0 Å². The molecule has 18 heavy (non-hydrogen) atoms. The van der Waals surface area contributed by atoms with Crippen LogP contribution in [-0.2, 0) is 17.4 Å². The zero-order valence-corrected chi connectivity index (χ0v) is 10.8. The van der Waals surface area contributed by atoms with Crippen LogP contribution in [0.1, 0.15) is 25.2 Å². The first-order valence-corrected chi connectivity index (χ1v) is 5.44. The maximum Gasteiger partial charge on any atom is 0.274 e. The summed E-state index contributed by atoms with van der Waals surface area (Å²) in [5.41, 5.74) is 0.654. The molecule has 0 aliphatic rings. The zero-order valence-electron chi connectivity index (χ0n) is 10.8. The fourth-order valence-corrected chi connectivity index (χ4v) is 1.50. The first kappa shape index (κ1) is 12.3. The highest BCUT2D eigenvalue weighted by molar-refractivity contribution is 5.52. The summed E-state index contributed by atoms with van der Waals surface area (Å²) < 4.78 is 12.3. The van der Waals surface area contributed by atoms with Crippen molar-refractivity contribution in [1.82, 2.24) is 14.7 Å². The van der Waals surface area contributed by atoms with E-state index in [2.05, 4.69) is 16.2 Å². The van der Waals surface area contributed by atoms with Gasteiger partial charge >= 0.3 is 0 Å². The van der Waals surface area contributed by atoms with E-state index in [1.807, 2.05) is 20.9 Å². The van der Waals surface area contributed by atoms with Gasteiger partial charge in [-0.15, -0.1) is 0 Å². The predicted octanol–water partition coefficient (Wildman–Crippen LogP) is 1.83. The average Bonchev–Trinajstić information content (AvgIpc) is 2.95. The number of rotatable bonds is 3. The second-order valence-electron chi connectivity index (χ2n) is 4.47. The van der Waals surface area contributed by atoms with Gasteiger partial charge in [-0.3, -0.25) is 0 Å². The summed E-state index contributed by atoms with van der Waals surface area (Å²) in [6.45, 7) is 3.71. The van der Waals surface area contributed by atoms with Crippen molar-refractivity contribution >= 4 is 0 Å². The Kier molecular flexibility index (Phi) is 2.93. The molecule has 0 spiro atoms. The van der Waals surface area contributed by atoms with Crippen molar-refractivity contribution in [3.05, 3.63) is 23.7 Å². The van der Waals surface area contributed by atoms with E-state index in [9.17, 15) is 0 Å². The van der Waals surface area contributed by atoms with Gasteiger partial charge in [-0.2, -0.15) is 10.2 Å². The number of nitrogens with zero attached hydrogens (tertiary/aromatic N) is 4. The van der Waals surface area contributed by atoms with Crippen molar-refractivity contribution in [2.24, 2.45) is 7.05 Å². The minimum Gasteiger partial charge on any atom is -0.371 e. The maximum absolute atomic E-state index is 8.84. The Hall–Kier alpha value is -2.13. The van der Waals surface area contributed by atoms with Crippen LogP contribution in [0.5, 0.6) is 0 Å². The molecular weight excluding hydrogens is 232 g/mol. The second-order valence-corrected chi connectivity index (χ2v) is 4.47. The molecule has 0 saturated heterocycles. The van der Waals surface area contributed by atoms with Gasteiger partial charge in [0.1, 0.15) is 17.4 Å². The van der Waals surface area contributed by atoms with Crippen LogP contribution >= 0.6 is 0 Å². The molecule has 6 nitrogen and oxygen atoms in total. The smallest absolute Gasteiger partial charge is 0.274 e. The number of ether oxygens (including phenoxy) is 1. The van der Waals surface area contributed by atoms with E-state index in [4.69, 9.17) is 14.5 Å². The van der Waals surface area contributed by atoms with E-state index in [0.717, 1.165) is 0 Å². The standard InChI is InChI=1S/C12H14N4O2/c1-12(2,17-4)11-14-10(18-15-11)9-5-8(6-13)7-16(9)3/h5,7H,1-4H3. The van der Waals surface area contributed by atoms with Gasteiger partial charge in [-0.25, -0.2) is 0 Å². The molecule has 0 aliphatic heterocycles. The number of aryl methyl sites for hydroxylation is 1. The van der Waals surface area contributed by atoms with Crippen LogP contribution < -0.4 is 0 Å². The molecular formula is C12H14N4O2. The zero-order chi connectivity index (χ0) is 13.3. The van der Waals surface area contributed by atoms with Gasteiger partial charge in [0.15, 0.2) is 0 Å². The quantitative estimate of drug-likeness (QED) is 0.825. The first-order chi connectivity index (χ1) is 8.47. The Labute approximate surface area is 105 Å². The van der Waals surface area contributed by atoms with Gasteiger partial charge in [-0.05, 0) is 19.9 Å². The lowest BCUT2D eigenvalue weighted by Crippen LogP contribution is -2.21. The third kappa shape index (κ3) is 2.00. The predicted molar refractivity (Wildman–Crippen MR) is 63.5 cm³/mol. The molecule has 0 fully saturated rings. The van der Waals surface area contributed by atoms with Crippen molar-refractivity contribution in [2.45, 2.75) is 19.4 Å². The molecule has 0 aromatic carbocycles. The number of methoxy groups -OCH3 is 1. The van der Waals surface area contributed by atoms with Crippen LogP contribution in [0.25, 0.3) is 11.6 Å². The third-order valence-corrected chi connectivity index (χ3v) is 2.83. The van der Waals surface area contributed by atoms with Crippen molar-refractivity contribution < 1.29 is 9.26 Å². The Morgan fingerprint density at radius 2 is 2.22 bits per heavy atom. The van der Waals surface area contributed by atoms with E-state index in [-0.39, 0.29) is 0 Å². The summed E-state index contributed by atoms with van der Waals surface area (Å²) in [5, 5.41) is 12.7. The van der Waals surface area contributed by atoms with Gasteiger partial charge in [0.05, 0.1) is 5.56 Å². The molecule has 2 rings (SSSR count). The lowest BCUT2D eigenvalue weighted by atomic mass is 10.1. The number of hydrogen-bond donors (Lipinski definition) is 0. The Balaban J connectivity index is 2.41. The van der Waals surface area contributed by atoms with Crippen LogP contribution in [0.2, 0.25) is 0 Å². The highest BCUT2D eigenvalue weighted by Gasteiger charge is 2.27. The number of nitriles is 1. The van der Waals surface area contributed by atoms with Crippen LogP contribution in [-0.4, -0.2) is 21.8 Å². The molecule has 0 aliphatic carbocycles. The molecule has 0 saturated carbocycles. The Morgan fingerprint density at radius 1 is 1.50 bits per heavy atom. The SMILES string of the molecule is COC(C)(C)c1noc(-c2cc(C#N)cn2C)n1. The van der Waals surface area contributed by atoms with E-state index in [0.29, 0.717) is 23.0 Å². The molecule has 6 heteroatoms. The number of aromatic nitrogens is 3. The average molecular weight is 246 g/mol. The molecule has 0 bridgehead atoms. The molecule has 94 valence electrons. The molecule has 2 heterocycles. The largest absolute Gasteiger partial charge is 0.371 e. The van der Waals surface area contributed by atoms with Crippen molar-refractivity contribution in [3.63, 3.8) is 0 Å². The lowest BCUT2D eigenvalue weighted by Gasteiger charge is -2.17. The van der Waals surface area contributed by atoms with Gasteiger partial charge in [0.2, 0.25) is 5.82 Å². The summed E-state index contributed by atoms with van der Waals surface area (Å²) in [4.78, 5) is 4.30. The summed E-state index contributed by atoms with van der Waals surface area (Å²) >= 11 is 0. The second kappa shape index (κ2) is 4.27. The van der Waals surface area contributed by atoms with Gasteiger partial charge in [0, 0.05) is 20.4 Å². The summed E-state index contributed by atoms with van der Waals surface area (Å²) in [6.07, 6.45) is 1.71. The molecule has 0 atom stereocenters. The highest BCUT2D eigenvalue weighted by atomic mass is 16.5. The van der Waals surface area contributed by atoms with E-state index in [1.165, 1.54) is 0 Å². The van der Waals surface area contributed by atoms with Crippen LogP contribution in [0.4, 0.5) is 0 Å². The van der Waals surface area contributed by atoms with Gasteiger partial charge < -0.3 is 13.8 Å². The Bertz CT molecular complexity index is 604. The topological polar surface area (TPSA) is 76.9 Å². The van der Waals surface area contributed by atoms with Gasteiger partial charge in [-0.1, -0.05) is 5.16 Å². The lowest BCUT2D eigenvalue weighted by molar-refractivity contribution is 0.00973. The molecule has 0 amide bonds. The van der Waals surface area contributed by atoms with E-state index in [1.54, 1.807) is 23.9 Å². The highest BCUT2D eigenvalue weighted by Crippen LogP contribution is 2.25. The van der Waals surface area contributed by atoms with Crippen molar-refractivity contribution in [1.29, 1.82) is 5.26 Å². The van der Waals surface area contributed by atoms with Crippen LogP contribution in [0.15, 0.2) is 16.8 Å². The normalized spacial score (nSPS) is 11.5. The first-order valence-electron chi connectivity index (χ1n) is 5.44. The summed E-state index contributed by atoms with van der Waals surface area (Å²) in [7, 11) is 3.41. The molecule has 2 aromatic rings. The molecule has 2 aromatic heterocycles. The van der Waals surface area contributed by atoms with Crippen molar-refractivity contribution in [2.75, 3.05) is 7.11 Å². The van der Waals surface area contributed by atoms with E-state index < -0.39 is 5.60 Å². The minimum atomic E-state index is -0.606. The molecule has 0 unspecified atom stereocenters. The van der Waals surface area contributed by atoms with Crippen LogP contribution in [0, 0.1) is 11.3 Å². The fourth-order valence-electron chi connectivity index (χ4n) is 1.50. The van der Waals surface area contributed by atoms with Gasteiger partial charge in [0.25, 0.3) is 5.89 Å². The maximum atomic E-state index is 8.84. The summed E-state index contributed by atoms with van der Waals surface area (Å²) in [6, 6.07) is 3.78. The fraction of sp³-hybridized carbons (Fsp3) is 0.417. The Morgan fingerprint density at radius 3 is 2.78 bits per heavy atom. The monoisotopic (exact) mass is 246 g/mol. The number of hydrogen-bond acceptors (Lipinski definition) is 5. The summed E-state index contributed by atoms with van der Waals surface area (Å²) in [5.74, 6) is 0.846. The van der Waals surface area contributed by atoms with Crippen molar-refractivity contribution in [3.8, 4) is 17.7 Å². The van der Waals surface area contributed by atoms with E-state index >= 15 is 0 Å². The minimum absolute atomic E-state index is 0.374.